The summed E-state index contributed by atoms with van der Waals surface area (Å²) >= 11 is 0. The zero-order valence-corrected chi connectivity index (χ0v) is 6.93. The van der Waals surface area contributed by atoms with E-state index in [-0.39, 0.29) is 0 Å². The van der Waals surface area contributed by atoms with Crippen LogP contribution >= 0.6 is 21.6 Å². The van der Waals surface area contributed by atoms with E-state index in [9.17, 15) is 0 Å². The fourth-order valence-electron chi connectivity index (χ4n) is 1.36. The highest BCUT2D eigenvalue weighted by atomic mass is 33.1. The third-order valence-corrected chi connectivity index (χ3v) is 4.92. The lowest BCUT2D eigenvalue weighted by Crippen LogP contribution is -2.17. The minimum Gasteiger partial charge on any atom is -0.0935 e. The zero-order valence-electron chi connectivity index (χ0n) is 5.30. The molecule has 0 amide bonds. The van der Waals surface area contributed by atoms with E-state index in [1.54, 1.807) is 0 Å². The molecular weight excluding hydrogens is 148 g/mol. The molecule has 1 saturated heterocycles. The summed E-state index contributed by atoms with van der Waals surface area (Å²) in [6, 6.07) is 0. The fourth-order valence-corrected chi connectivity index (χ4v) is 4.83. The number of hydrogen-bond acceptors (Lipinski definition) is 2. The minimum atomic E-state index is 0.704. The van der Waals surface area contributed by atoms with Crippen LogP contribution in [0.5, 0.6) is 0 Å². The maximum Gasteiger partial charge on any atom is 0.0108 e. The fraction of sp³-hybridized carbons (Fsp3) is 0.714. The van der Waals surface area contributed by atoms with E-state index in [4.69, 9.17) is 0 Å². The van der Waals surface area contributed by atoms with Gasteiger partial charge in [-0.25, -0.2) is 0 Å². The summed E-state index contributed by atoms with van der Waals surface area (Å²) in [6.07, 6.45) is 7.36. The van der Waals surface area contributed by atoms with Crippen molar-refractivity contribution < 1.29 is 0 Å². The summed E-state index contributed by atoms with van der Waals surface area (Å²) in [7, 11) is 4.09. The molecule has 1 spiro atoms. The average Bonchev–Trinajstić information content (AvgIpc) is 2.45. The van der Waals surface area contributed by atoms with Crippen LogP contribution in [-0.4, -0.2) is 11.5 Å². The molecule has 0 bridgehead atoms. The van der Waals surface area contributed by atoms with Crippen LogP contribution in [-0.2, 0) is 0 Å². The first kappa shape index (κ1) is 6.17. The van der Waals surface area contributed by atoms with Gasteiger partial charge < -0.3 is 0 Å². The number of hydrogen-bond donors (Lipinski definition) is 0. The first-order chi connectivity index (χ1) is 4.41. The van der Waals surface area contributed by atoms with Crippen LogP contribution in [0, 0.1) is 5.41 Å². The predicted molar refractivity (Wildman–Crippen MR) is 45.7 cm³/mol. The standard InChI is InChI=1S/C7H10S2/c1-2-4-7(3-1)5-8-9-6-7/h1-2H,3-6H2. The summed E-state index contributed by atoms with van der Waals surface area (Å²) < 4.78 is 0. The van der Waals surface area contributed by atoms with E-state index < -0.39 is 0 Å². The highest BCUT2D eigenvalue weighted by Gasteiger charge is 2.35. The lowest BCUT2D eigenvalue weighted by atomic mass is 9.90. The van der Waals surface area contributed by atoms with Gasteiger partial charge in [0.25, 0.3) is 0 Å². The molecule has 1 heterocycles. The smallest absolute Gasteiger partial charge is 0.0108 e. The summed E-state index contributed by atoms with van der Waals surface area (Å²) in [6.45, 7) is 0. The van der Waals surface area contributed by atoms with E-state index in [1.807, 2.05) is 21.6 Å². The van der Waals surface area contributed by atoms with E-state index in [1.165, 1.54) is 24.3 Å². The summed E-state index contributed by atoms with van der Waals surface area (Å²) in [5, 5.41) is 0. The Morgan fingerprint density at radius 3 is 2.11 bits per heavy atom. The minimum absolute atomic E-state index is 0.704. The maximum atomic E-state index is 2.34. The van der Waals surface area contributed by atoms with Crippen molar-refractivity contribution in [3.8, 4) is 0 Å². The Bertz CT molecular complexity index is 124. The van der Waals surface area contributed by atoms with Gasteiger partial charge in [-0.3, -0.25) is 0 Å². The van der Waals surface area contributed by atoms with Crippen LogP contribution in [0.4, 0.5) is 0 Å². The molecule has 1 fully saturated rings. The van der Waals surface area contributed by atoms with Crippen LogP contribution < -0.4 is 0 Å². The van der Waals surface area contributed by atoms with Crippen molar-refractivity contribution >= 4 is 21.6 Å². The third kappa shape index (κ3) is 1.03. The third-order valence-electron chi connectivity index (χ3n) is 2.08. The Morgan fingerprint density at radius 2 is 1.56 bits per heavy atom. The molecule has 2 aliphatic rings. The average molecular weight is 158 g/mol. The molecule has 1 aliphatic carbocycles. The Kier molecular flexibility index (Phi) is 1.54. The molecule has 1 aliphatic heterocycles. The van der Waals surface area contributed by atoms with Crippen molar-refractivity contribution in [2.45, 2.75) is 12.8 Å². The van der Waals surface area contributed by atoms with Gasteiger partial charge in [0.15, 0.2) is 0 Å². The van der Waals surface area contributed by atoms with Crippen molar-refractivity contribution in [1.29, 1.82) is 0 Å². The number of rotatable bonds is 0. The van der Waals surface area contributed by atoms with Gasteiger partial charge in [-0.1, -0.05) is 33.7 Å². The predicted octanol–water partition coefficient (Wildman–Crippen LogP) is 2.72. The second-order valence-electron chi connectivity index (χ2n) is 2.90. The molecule has 0 aromatic carbocycles. The molecule has 2 rings (SSSR count). The van der Waals surface area contributed by atoms with E-state index in [0.717, 1.165) is 0 Å². The molecule has 50 valence electrons. The van der Waals surface area contributed by atoms with Gasteiger partial charge in [-0.15, -0.1) is 0 Å². The van der Waals surface area contributed by atoms with E-state index in [2.05, 4.69) is 12.2 Å². The molecule has 0 atom stereocenters. The molecular formula is C7H10S2. The van der Waals surface area contributed by atoms with Gasteiger partial charge >= 0.3 is 0 Å². The van der Waals surface area contributed by atoms with Crippen molar-refractivity contribution in [2.75, 3.05) is 11.5 Å². The summed E-state index contributed by atoms with van der Waals surface area (Å²) in [5.74, 6) is 2.76. The Labute approximate surface area is 63.9 Å². The van der Waals surface area contributed by atoms with Crippen molar-refractivity contribution in [2.24, 2.45) is 5.41 Å². The Morgan fingerprint density at radius 1 is 1.00 bits per heavy atom. The second-order valence-corrected chi connectivity index (χ2v) is 5.37. The second kappa shape index (κ2) is 2.24. The molecule has 0 saturated carbocycles. The topological polar surface area (TPSA) is 0 Å². The first-order valence-electron chi connectivity index (χ1n) is 3.31. The largest absolute Gasteiger partial charge is 0.0935 e. The van der Waals surface area contributed by atoms with Crippen molar-refractivity contribution in [3.63, 3.8) is 0 Å². The molecule has 0 aromatic rings. The van der Waals surface area contributed by atoms with E-state index in [0.29, 0.717) is 5.41 Å². The summed E-state index contributed by atoms with van der Waals surface area (Å²) in [5.41, 5.74) is 0.704. The monoisotopic (exact) mass is 158 g/mol. The molecule has 2 heteroatoms. The number of allylic oxidation sites excluding steroid dienone is 2. The van der Waals surface area contributed by atoms with Crippen molar-refractivity contribution in [1.82, 2.24) is 0 Å². The highest BCUT2D eigenvalue weighted by Crippen LogP contribution is 2.49. The van der Waals surface area contributed by atoms with Crippen LogP contribution in [0.15, 0.2) is 12.2 Å². The van der Waals surface area contributed by atoms with Crippen molar-refractivity contribution in [3.05, 3.63) is 12.2 Å². The van der Waals surface area contributed by atoms with Crippen LogP contribution in [0.1, 0.15) is 12.8 Å². The zero-order chi connectivity index (χ0) is 6.16. The van der Waals surface area contributed by atoms with Gasteiger partial charge in [-0.05, 0) is 18.3 Å². The van der Waals surface area contributed by atoms with Gasteiger partial charge in [0.1, 0.15) is 0 Å². The highest BCUT2D eigenvalue weighted by molar-refractivity contribution is 8.77. The lowest BCUT2D eigenvalue weighted by molar-refractivity contribution is 0.426. The van der Waals surface area contributed by atoms with Crippen LogP contribution in [0.3, 0.4) is 0 Å². The van der Waals surface area contributed by atoms with Gasteiger partial charge in [0, 0.05) is 11.5 Å². The van der Waals surface area contributed by atoms with Gasteiger partial charge in [0.2, 0.25) is 0 Å². The molecule has 0 radical (unpaired) electrons. The Balaban J connectivity index is 2.07. The van der Waals surface area contributed by atoms with E-state index >= 15 is 0 Å². The van der Waals surface area contributed by atoms with Crippen LogP contribution in [0.25, 0.3) is 0 Å². The summed E-state index contributed by atoms with van der Waals surface area (Å²) in [4.78, 5) is 0. The molecule has 0 unspecified atom stereocenters. The molecule has 9 heavy (non-hydrogen) atoms. The SMILES string of the molecule is C1=CCC2(C1)CSSC2. The Hall–Kier alpha value is 0.440. The quantitative estimate of drug-likeness (QED) is 0.393. The maximum absolute atomic E-state index is 2.34. The van der Waals surface area contributed by atoms with Crippen LogP contribution in [0.2, 0.25) is 0 Å². The first-order valence-corrected chi connectivity index (χ1v) is 5.80. The van der Waals surface area contributed by atoms with Gasteiger partial charge in [0.05, 0.1) is 0 Å². The lowest BCUT2D eigenvalue weighted by Gasteiger charge is -2.18. The van der Waals surface area contributed by atoms with Gasteiger partial charge in [-0.2, -0.15) is 0 Å². The normalized spacial score (nSPS) is 30.2. The molecule has 0 nitrogen and oxygen atoms in total. The molecule has 0 aromatic heterocycles. The molecule has 0 N–H and O–H groups in total.